The van der Waals surface area contributed by atoms with Crippen molar-refractivity contribution >= 4 is 38.5 Å². The topological polar surface area (TPSA) is 72.3 Å². The highest BCUT2D eigenvalue weighted by Crippen LogP contribution is 2.30. The Morgan fingerprint density at radius 1 is 1.28 bits per heavy atom. The molecular formula is C17H21N3O3S2. The number of nitrogens with zero attached hydrogens (tertiary/aromatic N) is 3. The van der Waals surface area contributed by atoms with Crippen molar-refractivity contribution in [2.45, 2.75) is 19.4 Å². The van der Waals surface area contributed by atoms with Gasteiger partial charge in [0.05, 0.1) is 28.6 Å². The first-order valence-electron chi connectivity index (χ1n) is 8.51. The Morgan fingerprint density at radius 3 is 2.72 bits per heavy atom. The van der Waals surface area contributed by atoms with Crippen molar-refractivity contribution in [3.63, 3.8) is 0 Å². The average Bonchev–Trinajstić information content (AvgIpc) is 3.12. The number of aromatic nitrogens is 2. The molecule has 1 amide bonds. The number of amides is 1. The minimum Gasteiger partial charge on any atom is -0.337 e. The lowest BCUT2D eigenvalue weighted by Crippen LogP contribution is -2.37. The Bertz CT molecular complexity index is 930. The van der Waals surface area contributed by atoms with E-state index in [9.17, 15) is 13.2 Å². The highest BCUT2D eigenvalue weighted by atomic mass is 32.2. The Labute approximate surface area is 151 Å². The van der Waals surface area contributed by atoms with E-state index in [4.69, 9.17) is 0 Å². The average molecular weight is 380 g/mol. The lowest BCUT2D eigenvalue weighted by molar-refractivity contribution is 0.0772. The minimum absolute atomic E-state index is 0.0536. The van der Waals surface area contributed by atoms with Gasteiger partial charge < -0.3 is 9.47 Å². The van der Waals surface area contributed by atoms with Gasteiger partial charge in [0, 0.05) is 30.2 Å². The number of fused-ring (bicyclic) bond motifs is 1. The summed E-state index contributed by atoms with van der Waals surface area (Å²) in [5.74, 6) is 3.23. The maximum atomic E-state index is 12.7. The normalized spacial score (nSPS) is 23.2. The first-order valence-corrected chi connectivity index (χ1v) is 11.5. The second kappa shape index (κ2) is 6.32. The molecule has 1 unspecified atom stereocenters. The molecule has 6 nitrogen and oxygen atoms in total. The van der Waals surface area contributed by atoms with Gasteiger partial charge in [0.1, 0.15) is 5.82 Å². The van der Waals surface area contributed by atoms with Gasteiger partial charge in [-0.05, 0) is 31.5 Å². The molecule has 134 valence electrons. The van der Waals surface area contributed by atoms with Crippen LogP contribution in [0.1, 0.15) is 28.6 Å². The lowest BCUT2D eigenvalue weighted by Gasteiger charge is -2.26. The fourth-order valence-corrected chi connectivity index (χ4v) is 6.34. The molecule has 0 N–H and O–H groups in total. The first-order chi connectivity index (χ1) is 11.9. The zero-order chi connectivity index (χ0) is 17.6. The van der Waals surface area contributed by atoms with Crippen LogP contribution < -0.4 is 0 Å². The molecule has 0 radical (unpaired) electrons. The van der Waals surface area contributed by atoms with Gasteiger partial charge in [0.15, 0.2) is 9.84 Å². The van der Waals surface area contributed by atoms with Crippen molar-refractivity contribution in [2.24, 2.45) is 0 Å². The molecule has 0 saturated carbocycles. The van der Waals surface area contributed by atoms with Crippen molar-refractivity contribution in [3.05, 3.63) is 29.6 Å². The molecule has 0 spiro atoms. The summed E-state index contributed by atoms with van der Waals surface area (Å²) in [6, 6.07) is 5.53. The number of sulfone groups is 1. The van der Waals surface area contributed by atoms with Crippen molar-refractivity contribution in [1.29, 1.82) is 0 Å². The molecule has 1 atom stereocenters. The molecule has 0 bridgehead atoms. The van der Waals surface area contributed by atoms with Crippen LogP contribution in [0.4, 0.5) is 0 Å². The number of carbonyl (C=O) groups excluding carboxylic acids is 1. The molecule has 2 fully saturated rings. The van der Waals surface area contributed by atoms with E-state index in [1.54, 1.807) is 0 Å². The number of imidazole rings is 1. The van der Waals surface area contributed by atoms with E-state index < -0.39 is 9.84 Å². The molecule has 3 heterocycles. The van der Waals surface area contributed by atoms with Crippen molar-refractivity contribution in [3.8, 4) is 0 Å². The van der Waals surface area contributed by atoms with Gasteiger partial charge in [0.2, 0.25) is 0 Å². The van der Waals surface area contributed by atoms with Crippen molar-refractivity contribution < 1.29 is 13.2 Å². The van der Waals surface area contributed by atoms with Gasteiger partial charge in [-0.1, -0.05) is 0 Å². The molecular weight excluding hydrogens is 358 g/mol. The van der Waals surface area contributed by atoms with Crippen LogP contribution >= 0.6 is 11.8 Å². The third kappa shape index (κ3) is 3.17. The molecule has 25 heavy (non-hydrogen) atoms. The molecule has 0 aliphatic carbocycles. The number of rotatable bonds is 2. The summed E-state index contributed by atoms with van der Waals surface area (Å²) in [4.78, 5) is 19.2. The van der Waals surface area contributed by atoms with E-state index in [0.29, 0.717) is 12.0 Å². The highest BCUT2D eigenvalue weighted by molar-refractivity contribution is 7.99. The van der Waals surface area contributed by atoms with E-state index in [2.05, 4.69) is 4.98 Å². The Hall–Kier alpha value is -1.54. The van der Waals surface area contributed by atoms with Crippen LogP contribution in [0.3, 0.4) is 0 Å². The van der Waals surface area contributed by atoms with Gasteiger partial charge in [-0.2, -0.15) is 11.8 Å². The second-order valence-electron chi connectivity index (χ2n) is 6.69. The van der Waals surface area contributed by atoms with Gasteiger partial charge in [-0.3, -0.25) is 4.79 Å². The number of hydrogen-bond acceptors (Lipinski definition) is 5. The van der Waals surface area contributed by atoms with Gasteiger partial charge >= 0.3 is 0 Å². The predicted molar refractivity (Wildman–Crippen MR) is 100 cm³/mol. The largest absolute Gasteiger partial charge is 0.337 e. The van der Waals surface area contributed by atoms with Crippen LogP contribution in [-0.4, -0.2) is 64.9 Å². The summed E-state index contributed by atoms with van der Waals surface area (Å²) in [5.41, 5.74) is 2.33. The third-order valence-electron chi connectivity index (χ3n) is 4.98. The number of thioether (sulfide) groups is 1. The standard InChI is InChI=1S/C17H21N3O3S2/c1-12-18-15-10-13(17(21)19-5-7-24-8-6-19)2-3-16(15)20(12)14-4-9-25(22,23)11-14/h2-3,10,14H,4-9,11H2,1H3. The monoisotopic (exact) mass is 379 g/mol. The van der Waals surface area contributed by atoms with Crippen LogP contribution in [0, 0.1) is 6.92 Å². The van der Waals surface area contributed by atoms with Crippen LogP contribution in [0.25, 0.3) is 11.0 Å². The quantitative estimate of drug-likeness (QED) is 0.797. The maximum Gasteiger partial charge on any atom is 0.253 e. The fourth-order valence-electron chi connectivity index (χ4n) is 3.74. The molecule has 4 rings (SSSR count). The fraction of sp³-hybridized carbons (Fsp3) is 0.529. The van der Waals surface area contributed by atoms with Crippen molar-refractivity contribution in [2.75, 3.05) is 36.1 Å². The van der Waals surface area contributed by atoms with Crippen LogP contribution in [0.15, 0.2) is 18.2 Å². The zero-order valence-electron chi connectivity index (χ0n) is 14.1. The highest BCUT2D eigenvalue weighted by Gasteiger charge is 2.31. The van der Waals surface area contributed by atoms with E-state index in [0.717, 1.165) is 41.5 Å². The summed E-state index contributed by atoms with van der Waals surface area (Å²) in [5, 5.41) is 0. The van der Waals surface area contributed by atoms with Crippen LogP contribution in [-0.2, 0) is 9.84 Å². The van der Waals surface area contributed by atoms with E-state index >= 15 is 0 Å². The number of benzene rings is 1. The summed E-state index contributed by atoms with van der Waals surface area (Å²) < 4.78 is 25.7. The molecule has 2 aromatic rings. The number of aryl methyl sites for hydroxylation is 1. The molecule has 2 aliphatic heterocycles. The second-order valence-corrected chi connectivity index (χ2v) is 10.1. The van der Waals surface area contributed by atoms with Gasteiger partial charge in [0.25, 0.3) is 5.91 Å². The summed E-state index contributed by atoms with van der Waals surface area (Å²) in [7, 11) is -2.95. The SMILES string of the molecule is Cc1nc2cc(C(=O)N3CCSCC3)ccc2n1C1CCS(=O)(=O)C1. The van der Waals surface area contributed by atoms with Gasteiger partial charge in [-0.15, -0.1) is 0 Å². The Kier molecular flexibility index (Phi) is 4.27. The summed E-state index contributed by atoms with van der Waals surface area (Å²) in [6.45, 7) is 3.47. The van der Waals surface area contributed by atoms with E-state index in [-0.39, 0.29) is 23.5 Å². The smallest absolute Gasteiger partial charge is 0.253 e. The zero-order valence-corrected chi connectivity index (χ0v) is 15.8. The summed E-state index contributed by atoms with van der Waals surface area (Å²) in [6.07, 6.45) is 0.626. The molecule has 8 heteroatoms. The van der Waals surface area contributed by atoms with Crippen LogP contribution in [0.2, 0.25) is 0 Å². The molecule has 1 aromatic carbocycles. The minimum atomic E-state index is -2.95. The Morgan fingerprint density at radius 2 is 2.04 bits per heavy atom. The van der Waals surface area contributed by atoms with Gasteiger partial charge in [-0.25, -0.2) is 13.4 Å². The molecule has 2 aliphatic rings. The molecule has 2 saturated heterocycles. The third-order valence-corrected chi connectivity index (χ3v) is 7.68. The van der Waals surface area contributed by atoms with E-state index in [1.807, 2.05) is 46.4 Å². The van der Waals surface area contributed by atoms with Crippen LogP contribution in [0.5, 0.6) is 0 Å². The lowest BCUT2D eigenvalue weighted by atomic mass is 10.1. The first kappa shape index (κ1) is 16.9. The van der Waals surface area contributed by atoms with Crippen molar-refractivity contribution in [1.82, 2.24) is 14.5 Å². The van der Waals surface area contributed by atoms with E-state index in [1.165, 1.54) is 0 Å². The Balaban J connectivity index is 1.67. The molecule has 1 aromatic heterocycles. The predicted octanol–water partition coefficient (Wildman–Crippen LogP) is 1.89. The number of carbonyl (C=O) groups is 1. The number of hydrogen-bond donors (Lipinski definition) is 0. The summed E-state index contributed by atoms with van der Waals surface area (Å²) >= 11 is 1.87. The maximum absolute atomic E-state index is 12.7.